The van der Waals surface area contributed by atoms with Crippen molar-refractivity contribution in [3.63, 3.8) is 0 Å². The number of nitrogens with two attached hydrogens (primary N) is 1. The Kier molecular flexibility index (Phi) is 2.92. The van der Waals surface area contributed by atoms with Gasteiger partial charge in [0.1, 0.15) is 17.4 Å². The standard InChI is InChI=1S/C11H12BrF2NO/c1-16-7-5-6(13)8(10(14)9(7)12)11(15)3-2-4-11/h5H,2-4,15H2,1H3. The monoisotopic (exact) mass is 291 g/mol. The topological polar surface area (TPSA) is 35.2 Å². The summed E-state index contributed by atoms with van der Waals surface area (Å²) in [5.74, 6) is -1.15. The number of benzene rings is 1. The van der Waals surface area contributed by atoms with Crippen LogP contribution in [-0.2, 0) is 5.54 Å². The second-order valence-electron chi connectivity index (χ2n) is 4.07. The van der Waals surface area contributed by atoms with Gasteiger partial charge in [-0.25, -0.2) is 8.78 Å². The zero-order valence-corrected chi connectivity index (χ0v) is 10.4. The maximum Gasteiger partial charge on any atom is 0.149 e. The third-order valence-electron chi connectivity index (χ3n) is 3.09. The lowest BCUT2D eigenvalue weighted by Crippen LogP contribution is -2.45. The van der Waals surface area contributed by atoms with Crippen molar-refractivity contribution in [2.24, 2.45) is 5.73 Å². The first-order valence-electron chi connectivity index (χ1n) is 5.00. The summed E-state index contributed by atoms with van der Waals surface area (Å²) < 4.78 is 32.7. The number of ether oxygens (including phenoxy) is 1. The van der Waals surface area contributed by atoms with E-state index in [-0.39, 0.29) is 15.8 Å². The zero-order valence-electron chi connectivity index (χ0n) is 8.82. The van der Waals surface area contributed by atoms with Crippen LogP contribution >= 0.6 is 15.9 Å². The molecule has 0 spiro atoms. The Morgan fingerprint density at radius 1 is 1.44 bits per heavy atom. The molecular weight excluding hydrogens is 280 g/mol. The second-order valence-corrected chi connectivity index (χ2v) is 4.87. The fraction of sp³-hybridized carbons (Fsp3) is 0.455. The van der Waals surface area contributed by atoms with E-state index in [0.29, 0.717) is 12.8 Å². The van der Waals surface area contributed by atoms with Gasteiger partial charge in [-0.2, -0.15) is 0 Å². The number of hydrogen-bond acceptors (Lipinski definition) is 2. The van der Waals surface area contributed by atoms with E-state index in [1.165, 1.54) is 7.11 Å². The van der Waals surface area contributed by atoms with Crippen LogP contribution in [0.4, 0.5) is 8.78 Å². The van der Waals surface area contributed by atoms with Crippen molar-refractivity contribution in [1.29, 1.82) is 0 Å². The molecule has 0 aromatic heterocycles. The van der Waals surface area contributed by atoms with Gasteiger partial charge in [-0.3, -0.25) is 0 Å². The predicted molar refractivity (Wildman–Crippen MR) is 60.3 cm³/mol. The van der Waals surface area contributed by atoms with Crippen LogP contribution in [0.2, 0.25) is 0 Å². The smallest absolute Gasteiger partial charge is 0.149 e. The lowest BCUT2D eigenvalue weighted by atomic mass is 9.72. The Morgan fingerprint density at radius 3 is 2.50 bits per heavy atom. The van der Waals surface area contributed by atoms with E-state index < -0.39 is 17.2 Å². The van der Waals surface area contributed by atoms with Gasteiger partial charge in [-0.05, 0) is 35.2 Å². The molecule has 0 bridgehead atoms. The highest BCUT2D eigenvalue weighted by molar-refractivity contribution is 9.10. The lowest BCUT2D eigenvalue weighted by Gasteiger charge is -2.39. The summed E-state index contributed by atoms with van der Waals surface area (Å²) in [6.07, 6.45) is 2.12. The summed E-state index contributed by atoms with van der Waals surface area (Å²) in [7, 11) is 1.36. The molecule has 1 aromatic carbocycles. The van der Waals surface area contributed by atoms with Gasteiger partial charge < -0.3 is 10.5 Å². The SMILES string of the molecule is COc1cc(F)c(C2(N)CCC2)c(F)c1Br. The summed E-state index contributed by atoms with van der Waals surface area (Å²) in [6.45, 7) is 0. The van der Waals surface area contributed by atoms with Crippen molar-refractivity contribution in [1.82, 2.24) is 0 Å². The van der Waals surface area contributed by atoms with Gasteiger partial charge in [0.2, 0.25) is 0 Å². The van der Waals surface area contributed by atoms with Gasteiger partial charge in [0.05, 0.1) is 11.6 Å². The minimum Gasteiger partial charge on any atom is -0.495 e. The molecule has 0 heterocycles. The van der Waals surface area contributed by atoms with E-state index in [1.54, 1.807) is 0 Å². The quantitative estimate of drug-likeness (QED) is 0.850. The summed E-state index contributed by atoms with van der Waals surface area (Å²) in [5, 5.41) is 0. The van der Waals surface area contributed by atoms with Crippen molar-refractivity contribution in [3.05, 3.63) is 27.7 Å². The Bertz CT molecular complexity index is 432. The van der Waals surface area contributed by atoms with Crippen LogP contribution in [0.1, 0.15) is 24.8 Å². The molecule has 2 rings (SSSR count). The largest absolute Gasteiger partial charge is 0.495 e. The number of halogens is 3. The first-order chi connectivity index (χ1) is 7.49. The van der Waals surface area contributed by atoms with Crippen LogP contribution in [0, 0.1) is 11.6 Å². The Hall–Kier alpha value is -0.680. The molecular formula is C11H12BrF2NO. The maximum absolute atomic E-state index is 14.0. The molecule has 0 amide bonds. The van der Waals surface area contributed by atoms with E-state index in [9.17, 15) is 8.78 Å². The van der Waals surface area contributed by atoms with E-state index >= 15 is 0 Å². The molecule has 88 valence electrons. The van der Waals surface area contributed by atoms with Gasteiger partial charge in [-0.15, -0.1) is 0 Å². The minimum absolute atomic E-state index is 0.0357. The van der Waals surface area contributed by atoms with Gasteiger partial charge in [0.15, 0.2) is 0 Å². The van der Waals surface area contributed by atoms with E-state index in [4.69, 9.17) is 10.5 Å². The highest BCUT2D eigenvalue weighted by Gasteiger charge is 2.40. The molecule has 1 saturated carbocycles. The molecule has 1 fully saturated rings. The highest BCUT2D eigenvalue weighted by atomic mass is 79.9. The van der Waals surface area contributed by atoms with E-state index in [0.717, 1.165) is 12.5 Å². The molecule has 16 heavy (non-hydrogen) atoms. The summed E-state index contributed by atoms with van der Waals surface area (Å²) in [5.41, 5.74) is 5.05. The molecule has 2 nitrogen and oxygen atoms in total. The second kappa shape index (κ2) is 3.96. The average Bonchev–Trinajstić information content (AvgIpc) is 2.21. The molecule has 1 aliphatic carbocycles. The third-order valence-corrected chi connectivity index (χ3v) is 3.83. The van der Waals surface area contributed by atoms with Crippen LogP contribution in [0.15, 0.2) is 10.5 Å². The molecule has 5 heteroatoms. The fourth-order valence-corrected chi connectivity index (χ4v) is 2.46. The zero-order chi connectivity index (χ0) is 11.9. The normalized spacial score (nSPS) is 18.1. The first-order valence-corrected chi connectivity index (χ1v) is 5.80. The maximum atomic E-state index is 14.0. The molecule has 2 N–H and O–H groups in total. The van der Waals surface area contributed by atoms with Crippen LogP contribution in [0.3, 0.4) is 0 Å². The Morgan fingerprint density at radius 2 is 2.06 bits per heavy atom. The number of rotatable bonds is 2. The fourth-order valence-electron chi connectivity index (χ4n) is 1.99. The molecule has 0 aliphatic heterocycles. The number of hydrogen-bond donors (Lipinski definition) is 1. The Balaban J connectivity index is 2.58. The molecule has 0 saturated heterocycles. The van der Waals surface area contributed by atoms with E-state index in [2.05, 4.69) is 15.9 Å². The van der Waals surface area contributed by atoms with Gasteiger partial charge in [0.25, 0.3) is 0 Å². The van der Waals surface area contributed by atoms with Gasteiger partial charge >= 0.3 is 0 Å². The third kappa shape index (κ3) is 1.62. The van der Waals surface area contributed by atoms with E-state index in [1.807, 2.05) is 0 Å². The van der Waals surface area contributed by atoms with Crippen molar-refractivity contribution in [2.75, 3.05) is 7.11 Å². The summed E-state index contributed by atoms with van der Waals surface area (Å²) in [6, 6.07) is 1.16. The van der Waals surface area contributed by atoms with Crippen molar-refractivity contribution >= 4 is 15.9 Å². The van der Waals surface area contributed by atoms with Crippen molar-refractivity contribution < 1.29 is 13.5 Å². The van der Waals surface area contributed by atoms with Crippen LogP contribution in [-0.4, -0.2) is 7.11 Å². The molecule has 1 aromatic rings. The lowest BCUT2D eigenvalue weighted by molar-refractivity contribution is 0.234. The van der Waals surface area contributed by atoms with Gasteiger partial charge in [-0.1, -0.05) is 0 Å². The molecule has 1 aliphatic rings. The summed E-state index contributed by atoms with van der Waals surface area (Å²) in [4.78, 5) is 0. The van der Waals surface area contributed by atoms with Gasteiger partial charge in [0, 0.05) is 17.2 Å². The van der Waals surface area contributed by atoms with Crippen LogP contribution in [0.5, 0.6) is 5.75 Å². The van der Waals surface area contributed by atoms with Crippen molar-refractivity contribution in [2.45, 2.75) is 24.8 Å². The number of methoxy groups -OCH3 is 1. The average molecular weight is 292 g/mol. The first kappa shape index (κ1) is 11.8. The Labute approximate surface area is 101 Å². The molecule has 0 atom stereocenters. The summed E-state index contributed by atoms with van der Waals surface area (Å²) >= 11 is 3.05. The van der Waals surface area contributed by atoms with Crippen LogP contribution < -0.4 is 10.5 Å². The van der Waals surface area contributed by atoms with Crippen LogP contribution in [0.25, 0.3) is 0 Å². The van der Waals surface area contributed by atoms with Crippen molar-refractivity contribution in [3.8, 4) is 5.75 Å². The molecule has 0 unspecified atom stereocenters. The molecule has 0 radical (unpaired) electrons. The highest BCUT2D eigenvalue weighted by Crippen LogP contribution is 2.44. The minimum atomic E-state index is -0.858. The predicted octanol–water partition coefficient (Wildman–Crippen LogP) is 3.07.